The minimum Gasteiger partial charge on any atom is -0.373 e. The lowest BCUT2D eigenvalue weighted by atomic mass is 9.95. The Kier molecular flexibility index (Phi) is 4.70. The minimum atomic E-state index is 0.0393. The van der Waals surface area contributed by atoms with Gasteiger partial charge in [-0.3, -0.25) is 10.1 Å². The van der Waals surface area contributed by atoms with Crippen molar-refractivity contribution < 1.29 is 4.74 Å². The Balaban J connectivity index is 1.39. The number of ether oxygens (including phenoxy) is 1. The van der Waals surface area contributed by atoms with Gasteiger partial charge in [-0.05, 0) is 30.0 Å². The van der Waals surface area contributed by atoms with E-state index >= 15 is 0 Å². The van der Waals surface area contributed by atoms with E-state index in [-0.39, 0.29) is 12.0 Å². The summed E-state index contributed by atoms with van der Waals surface area (Å²) < 4.78 is 5.94. The highest BCUT2D eigenvalue weighted by molar-refractivity contribution is 5.27. The lowest BCUT2D eigenvalue weighted by molar-refractivity contribution is 0.103. The van der Waals surface area contributed by atoms with Gasteiger partial charge in [-0.15, -0.1) is 5.10 Å². The first-order valence-corrected chi connectivity index (χ1v) is 8.62. The summed E-state index contributed by atoms with van der Waals surface area (Å²) >= 11 is 0. The second kappa shape index (κ2) is 7.44. The number of pyridine rings is 1. The van der Waals surface area contributed by atoms with Crippen molar-refractivity contribution in [2.45, 2.75) is 24.9 Å². The van der Waals surface area contributed by atoms with E-state index in [1.54, 1.807) is 6.20 Å². The van der Waals surface area contributed by atoms with Crippen LogP contribution >= 0.6 is 0 Å². The first-order valence-electron chi connectivity index (χ1n) is 8.62. The standard InChI is InChI=1S/C19H21N5O/c1-2-6-15(7-3-1)17-16(9-12-25-17)18-22-19(24-23-18)21-11-8-14-5-4-10-20-13-14/h1-7,10,13,16-17H,8-9,11-12H2,(H2,21,22,23,24)/t16-,17+/m1/s1. The van der Waals surface area contributed by atoms with Gasteiger partial charge >= 0.3 is 0 Å². The number of aromatic amines is 1. The van der Waals surface area contributed by atoms with Crippen LogP contribution in [0.25, 0.3) is 0 Å². The van der Waals surface area contributed by atoms with Gasteiger partial charge < -0.3 is 10.1 Å². The van der Waals surface area contributed by atoms with E-state index in [9.17, 15) is 0 Å². The Morgan fingerprint density at radius 2 is 2.08 bits per heavy atom. The SMILES string of the molecule is c1ccc([C@@H]2OCC[C@H]2c2nc(NCCc3cccnc3)n[nH]2)cc1. The van der Waals surface area contributed by atoms with Crippen molar-refractivity contribution in [2.24, 2.45) is 0 Å². The fraction of sp³-hybridized carbons (Fsp3) is 0.316. The van der Waals surface area contributed by atoms with Gasteiger partial charge in [0.2, 0.25) is 5.95 Å². The van der Waals surface area contributed by atoms with E-state index in [0.717, 1.165) is 31.8 Å². The average Bonchev–Trinajstić information content (AvgIpc) is 3.32. The molecule has 0 spiro atoms. The van der Waals surface area contributed by atoms with Crippen molar-refractivity contribution in [3.63, 3.8) is 0 Å². The lowest BCUT2D eigenvalue weighted by Crippen LogP contribution is -2.08. The molecule has 2 N–H and O–H groups in total. The molecule has 4 rings (SSSR count). The Morgan fingerprint density at radius 3 is 2.92 bits per heavy atom. The molecule has 3 aromatic rings. The average molecular weight is 335 g/mol. The maximum Gasteiger partial charge on any atom is 0.242 e. The molecule has 1 aliphatic rings. The molecule has 0 radical (unpaired) electrons. The summed E-state index contributed by atoms with van der Waals surface area (Å²) in [5.74, 6) is 1.73. The molecule has 1 fully saturated rings. The number of H-pyrrole nitrogens is 1. The van der Waals surface area contributed by atoms with Crippen molar-refractivity contribution in [1.29, 1.82) is 0 Å². The predicted molar refractivity (Wildman–Crippen MR) is 95.3 cm³/mol. The number of anilines is 1. The van der Waals surface area contributed by atoms with Crippen LogP contribution in [0.15, 0.2) is 54.9 Å². The van der Waals surface area contributed by atoms with Crippen LogP contribution in [0.5, 0.6) is 0 Å². The first-order chi connectivity index (χ1) is 12.4. The van der Waals surface area contributed by atoms with E-state index in [1.165, 1.54) is 11.1 Å². The van der Waals surface area contributed by atoms with Crippen LogP contribution in [0.4, 0.5) is 5.95 Å². The molecule has 0 saturated carbocycles. The Hall–Kier alpha value is -2.73. The zero-order valence-corrected chi connectivity index (χ0v) is 13.9. The molecule has 1 aliphatic heterocycles. The maximum absolute atomic E-state index is 5.94. The summed E-state index contributed by atoms with van der Waals surface area (Å²) in [6.45, 7) is 1.51. The normalized spacial score (nSPS) is 19.8. The number of benzene rings is 1. The predicted octanol–water partition coefficient (Wildman–Crippen LogP) is 3.10. The lowest BCUT2D eigenvalue weighted by Gasteiger charge is -2.16. The fourth-order valence-electron chi connectivity index (χ4n) is 3.22. The highest BCUT2D eigenvalue weighted by Crippen LogP contribution is 2.40. The topological polar surface area (TPSA) is 75.7 Å². The highest BCUT2D eigenvalue weighted by atomic mass is 16.5. The van der Waals surface area contributed by atoms with E-state index in [2.05, 4.69) is 43.7 Å². The van der Waals surface area contributed by atoms with E-state index in [0.29, 0.717) is 5.95 Å². The molecule has 1 aromatic carbocycles. The monoisotopic (exact) mass is 335 g/mol. The van der Waals surface area contributed by atoms with Crippen molar-refractivity contribution >= 4 is 5.95 Å². The molecular formula is C19H21N5O. The van der Waals surface area contributed by atoms with Crippen LogP contribution < -0.4 is 5.32 Å². The van der Waals surface area contributed by atoms with Gasteiger partial charge in [0, 0.05) is 25.5 Å². The molecule has 0 bridgehead atoms. The molecule has 0 aliphatic carbocycles. The van der Waals surface area contributed by atoms with Gasteiger partial charge in [-0.2, -0.15) is 4.98 Å². The second-order valence-corrected chi connectivity index (χ2v) is 6.18. The third-order valence-corrected chi connectivity index (χ3v) is 4.49. The fourth-order valence-corrected chi connectivity index (χ4v) is 3.22. The van der Waals surface area contributed by atoms with Gasteiger partial charge in [0.25, 0.3) is 0 Å². The molecule has 2 atom stereocenters. The third-order valence-electron chi connectivity index (χ3n) is 4.49. The molecule has 3 heterocycles. The summed E-state index contributed by atoms with van der Waals surface area (Å²) in [7, 11) is 0. The molecule has 128 valence electrons. The molecule has 6 heteroatoms. The third kappa shape index (κ3) is 3.69. The molecule has 2 aromatic heterocycles. The zero-order valence-electron chi connectivity index (χ0n) is 13.9. The number of hydrogen-bond donors (Lipinski definition) is 2. The van der Waals surface area contributed by atoms with Crippen molar-refractivity contribution in [3.8, 4) is 0 Å². The second-order valence-electron chi connectivity index (χ2n) is 6.18. The highest BCUT2D eigenvalue weighted by Gasteiger charge is 2.33. The van der Waals surface area contributed by atoms with E-state index in [1.807, 2.05) is 30.5 Å². The van der Waals surface area contributed by atoms with Gasteiger partial charge in [0.05, 0.1) is 12.0 Å². The zero-order chi connectivity index (χ0) is 16.9. The summed E-state index contributed by atoms with van der Waals surface area (Å²) in [5, 5.41) is 10.7. The number of rotatable bonds is 6. The van der Waals surface area contributed by atoms with Crippen LogP contribution in [-0.2, 0) is 11.2 Å². The summed E-state index contributed by atoms with van der Waals surface area (Å²) in [6.07, 6.45) is 5.54. The van der Waals surface area contributed by atoms with Crippen LogP contribution in [-0.4, -0.2) is 33.3 Å². The van der Waals surface area contributed by atoms with Crippen LogP contribution in [0.3, 0.4) is 0 Å². The van der Waals surface area contributed by atoms with Crippen molar-refractivity contribution in [1.82, 2.24) is 20.2 Å². The molecule has 0 unspecified atom stereocenters. The summed E-state index contributed by atoms with van der Waals surface area (Å²) in [6, 6.07) is 14.3. The Labute approximate surface area is 146 Å². The number of nitrogens with one attached hydrogen (secondary N) is 2. The largest absolute Gasteiger partial charge is 0.373 e. The number of hydrogen-bond acceptors (Lipinski definition) is 5. The van der Waals surface area contributed by atoms with E-state index in [4.69, 9.17) is 4.74 Å². The number of aromatic nitrogens is 4. The summed E-state index contributed by atoms with van der Waals surface area (Å²) in [4.78, 5) is 8.75. The molecule has 6 nitrogen and oxygen atoms in total. The maximum atomic E-state index is 5.94. The van der Waals surface area contributed by atoms with Gasteiger partial charge in [0.15, 0.2) is 0 Å². The smallest absolute Gasteiger partial charge is 0.242 e. The molecule has 1 saturated heterocycles. The minimum absolute atomic E-state index is 0.0393. The Bertz CT molecular complexity index is 790. The van der Waals surface area contributed by atoms with Crippen LogP contribution in [0.1, 0.15) is 35.4 Å². The van der Waals surface area contributed by atoms with Crippen LogP contribution in [0.2, 0.25) is 0 Å². The Morgan fingerprint density at radius 1 is 1.16 bits per heavy atom. The molecule has 25 heavy (non-hydrogen) atoms. The quantitative estimate of drug-likeness (QED) is 0.724. The van der Waals surface area contributed by atoms with Crippen LogP contribution in [0, 0.1) is 0 Å². The van der Waals surface area contributed by atoms with Crippen molar-refractivity contribution in [3.05, 3.63) is 71.8 Å². The van der Waals surface area contributed by atoms with Crippen molar-refractivity contribution in [2.75, 3.05) is 18.5 Å². The molecular weight excluding hydrogens is 314 g/mol. The van der Waals surface area contributed by atoms with E-state index < -0.39 is 0 Å². The summed E-state index contributed by atoms with van der Waals surface area (Å²) in [5.41, 5.74) is 2.38. The van der Waals surface area contributed by atoms with Gasteiger partial charge in [0.1, 0.15) is 5.82 Å². The van der Waals surface area contributed by atoms with Gasteiger partial charge in [-0.1, -0.05) is 36.4 Å². The first kappa shape index (κ1) is 15.8. The molecule has 0 amide bonds. The van der Waals surface area contributed by atoms with Gasteiger partial charge in [-0.25, -0.2) is 0 Å². The number of nitrogens with zero attached hydrogens (tertiary/aromatic N) is 3.